The Morgan fingerprint density at radius 2 is 1.73 bits per heavy atom. The Balaban J connectivity index is 2.42. The van der Waals surface area contributed by atoms with Crippen molar-refractivity contribution in [2.45, 2.75) is 0 Å². The molecule has 1 aliphatic rings. The fourth-order valence-corrected chi connectivity index (χ4v) is 2.82. The average Bonchev–Trinajstić information content (AvgIpc) is 1.86. The summed E-state index contributed by atoms with van der Waals surface area (Å²) >= 11 is -1.96. The van der Waals surface area contributed by atoms with Gasteiger partial charge in [-0.2, -0.15) is 14.9 Å². The van der Waals surface area contributed by atoms with Gasteiger partial charge >= 0.3 is 0 Å². The normalized spacial score (nSPS) is 31.2. The molecule has 1 atom stereocenters. The summed E-state index contributed by atoms with van der Waals surface area (Å²) in [7, 11) is -2.44. The molecule has 0 aliphatic carbocycles. The predicted molar refractivity (Wildman–Crippen MR) is 44.9 cm³/mol. The molecule has 1 aliphatic heterocycles. The first-order valence-corrected chi connectivity index (χ1v) is 6.06. The summed E-state index contributed by atoms with van der Waals surface area (Å²) in [6.45, 7) is 0.566. The summed E-state index contributed by atoms with van der Waals surface area (Å²) in [5.41, 5.74) is 0. The highest BCUT2D eigenvalue weighted by molar-refractivity contribution is 8.24. The van der Waals surface area contributed by atoms with Gasteiger partial charge < -0.3 is 0 Å². The van der Waals surface area contributed by atoms with E-state index in [0.717, 1.165) is 0 Å². The highest BCUT2D eigenvalue weighted by Gasteiger charge is 2.24. The third-order valence-electron chi connectivity index (χ3n) is 1.56. The molecule has 1 saturated heterocycles. The fourth-order valence-electron chi connectivity index (χ4n) is 0.866. The highest BCUT2D eigenvalue weighted by Crippen LogP contribution is 2.40. The highest BCUT2D eigenvalue weighted by atomic mass is 32.3. The zero-order valence-corrected chi connectivity index (χ0v) is 7.48. The van der Waals surface area contributed by atoms with Gasteiger partial charge in [-0.1, -0.05) is 0 Å². The molecule has 1 unspecified atom stereocenters. The number of hydrogen-bond acceptors (Lipinski definition) is 3. The molecule has 1 rings (SSSR count). The minimum Gasteiger partial charge on any atom is -0.299 e. The smallest absolute Gasteiger partial charge is 0.234 e. The number of nitrogens with zero attached hydrogens (tertiary/aromatic N) is 1. The Kier molecular flexibility index (Phi) is 2.90. The van der Waals surface area contributed by atoms with Crippen molar-refractivity contribution >= 4 is 21.9 Å². The molecule has 0 amide bonds. The summed E-state index contributed by atoms with van der Waals surface area (Å²) in [4.78, 5) is 0. The summed E-state index contributed by atoms with van der Waals surface area (Å²) in [5.74, 6) is 0.415. The standard InChI is InChI=1S/C4H11NO4S2/c6-10(7)5-1-3-11(8,9)4-2-5/h8-9H,1-4H2,(H,6,7). The van der Waals surface area contributed by atoms with Crippen molar-refractivity contribution in [2.24, 2.45) is 0 Å². The van der Waals surface area contributed by atoms with Crippen LogP contribution < -0.4 is 0 Å². The molecule has 3 N–H and O–H groups in total. The van der Waals surface area contributed by atoms with Crippen molar-refractivity contribution in [1.82, 2.24) is 4.31 Å². The molecule has 5 nitrogen and oxygen atoms in total. The molecule has 0 spiro atoms. The van der Waals surface area contributed by atoms with Crippen LogP contribution >= 0.6 is 10.6 Å². The maximum atomic E-state index is 10.4. The molecule has 0 radical (unpaired) electrons. The average molecular weight is 201 g/mol. The molecule has 1 heterocycles. The van der Waals surface area contributed by atoms with Crippen molar-refractivity contribution in [1.29, 1.82) is 0 Å². The van der Waals surface area contributed by atoms with E-state index in [-0.39, 0.29) is 24.6 Å². The van der Waals surface area contributed by atoms with E-state index < -0.39 is 21.9 Å². The molecule has 68 valence electrons. The van der Waals surface area contributed by atoms with Gasteiger partial charge in [0.2, 0.25) is 11.3 Å². The Bertz CT molecular complexity index is 163. The Hall–Kier alpha value is 0.340. The summed E-state index contributed by atoms with van der Waals surface area (Å²) in [6, 6.07) is 0. The van der Waals surface area contributed by atoms with Gasteiger partial charge in [0.1, 0.15) is 0 Å². The van der Waals surface area contributed by atoms with Crippen molar-refractivity contribution in [3.63, 3.8) is 0 Å². The van der Waals surface area contributed by atoms with Gasteiger partial charge in [0.25, 0.3) is 0 Å². The monoisotopic (exact) mass is 201 g/mol. The van der Waals surface area contributed by atoms with Gasteiger partial charge in [-0.3, -0.25) is 13.7 Å². The molecule has 0 saturated carbocycles. The second kappa shape index (κ2) is 3.38. The third-order valence-corrected chi connectivity index (χ3v) is 4.04. The van der Waals surface area contributed by atoms with Crippen LogP contribution in [0.1, 0.15) is 0 Å². The van der Waals surface area contributed by atoms with E-state index in [0.29, 0.717) is 0 Å². The van der Waals surface area contributed by atoms with E-state index in [1.165, 1.54) is 4.31 Å². The minimum atomic E-state index is -2.44. The van der Waals surface area contributed by atoms with E-state index >= 15 is 0 Å². The SMILES string of the molecule is O=S(O)N1CCS(O)(O)CC1. The molecule has 0 aromatic heterocycles. The van der Waals surface area contributed by atoms with Crippen LogP contribution in [0.2, 0.25) is 0 Å². The maximum Gasteiger partial charge on any atom is 0.234 e. The molecule has 0 bridgehead atoms. The molecule has 11 heavy (non-hydrogen) atoms. The van der Waals surface area contributed by atoms with Crippen molar-refractivity contribution in [3.8, 4) is 0 Å². The lowest BCUT2D eigenvalue weighted by molar-refractivity contribution is 0.392. The lowest BCUT2D eigenvalue weighted by atomic mass is 10.6. The van der Waals surface area contributed by atoms with Crippen LogP contribution in [0, 0.1) is 0 Å². The quantitative estimate of drug-likeness (QED) is 0.529. The lowest BCUT2D eigenvalue weighted by Crippen LogP contribution is -2.38. The van der Waals surface area contributed by atoms with Crippen LogP contribution in [-0.2, 0) is 11.3 Å². The molecule has 1 fully saturated rings. The number of hydrogen-bond donors (Lipinski definition) is 3. The fraction of sp³-hybridized carbons (Fsp3) is 1.00. The van der Waals surface area contributed by atoms with Gasteiger partial charge in [0, 0.05) is 13.1 Å². The first kappa shape index (κ1) is 9.43. The van der Waals surface area contributed by atoms with Crippen molar-refractivity contribution < 1.29 is 17.9 Å². The lowest BCUT2D eigenvalue weighted by Gasteiger charge is -2.39. The van der Waals surface area contributed by atoms with Crippen LogP contribution in [0.25, 0.3) is 0 Å². The largest absolute Gasteiger partial charge is 0.299 e. The zero-order valence-electron chi connectivity index (χ0n) is 5.84. The van der Waals surface area contributed by atoms with Crippen LogP contribution in [0.3, 0.4) is 0 Å². The predicted octanol–water partition coefficient (Wildman–Crippen LogP) is 0.189. The minimum absolute atomic E-state index is 0.208. The van der Waals surface area contributed by atoms with Crippen molar-refractivity contribution in [2.75, 3.05) is 24.6 Å². The third kappa shape index (κ3) is 2.69. The van der Waals surface area contributed by atoms with Crippen molar-refractivity contribution in [3.05, 3.63) is 0 Å². The molecule has 0 aromatic carbocycles. The first-order valence-electron chi connectivity index (χ1n) is 3.11. The van der Waals surface area contributed by atoms with E-state index in [1.807, 2.05) is 0 Å². The van der Waals surface area contributed by atoms with E-state index in [1.54, 1.807) is 0 Å². The van der Waals surface area contributed by atoms with Crippen LogP contribution in [0.15, 0.2) is 0 Å². The Labute approximate surface area is 69.2 Å². The van der Waals surface area contributed by atoms with Crippen LogP contribution in [0.5, 0.6) is 0 Å². The second-order valence-corrected chi connectivity index (χ2v) is 5.77. The number of rotatable bonds is 1. The Morgan fingerprint density at radius 3 is 2.09 bits per heavy atom. The summed E-state index contributed by atoms with van der Waals surface area (Å²) in [6.07, 6.45) is 0. The Morgan fingerprint density at radius 1 is 1.27 bits per heavy atom. The van der Waals surface area contributed by atoms with Gasteiger partial charge in [-0.25, -0.2) is 4.21 Å². The van der Waals surface area contributed by atoms with Gasteiger partial charge in [-0.15, -0.1) is 0 Å². The van der Waals surface area contributed by atoms with Crippen LogP contribution in [-0.4, -0.2) is 46.8 Å². The van der Waals surface area contributed by atoms with Gasteiger partial charge in [0.05, 0.1) is 11.5 Å². The van der Waals surface area contributed by atoms with Crippen LogP contribution in [0.4, 0.5) is 0 Å². The maximum absolute atomic E-state index is 10.4. The van der Waals surface area contributed by atoms with E-state index in [9.17, 15) is 4.21 Å². The first-order chi connectivity index (χ1) is 5.01. The van der Waals surface area contributed by atoms with Gasteiger partial charge in [-0.05, 0) is 0 Å². The second-order valence-electron chi connectivity index (χ2n) is 2.37. The van der Waals surface area contributed by atoms with Gasteiger partial charge in [0.15, 0.2) is 0 Å². The van der Waals surface area contributed by atoms with E-state index in [4.69, 9.17) is 13.7 Å². The van der Waals surface area contributed by atoms with E-state index in [2.05, 4.69) is 0 Å². The molecular formula is C4H11NO4S2. The molecular weight excluding hydrogens is 190 g/mol. The topological polar surface area (TPSA) is 81.0 Å². The summed E-state index contributed by atoms with van der Waals surface area (Å²) < 4.78 is 38.6. The zero-order chi connectivity index (χ0) is 8.48. The molecule has 0 aromatic rings. The molecule has 7 heteroatoms. The summed E-state index contributed by atoms with van der Waals surface area (Å²) in [5, 5.41) is 0.